The molecule has 0 aliphatic carbocycles. The Balaban J connectivity index is 0. The molecular formula is C12H26MgO9P2. The number of ether oxygens (including phenoxy) is 1. The minimum Gasteiger partial charge on any atom is -0.756 e. The van der Waals surface area contributed by atoms with Crippen molar-refractivity contribution in [3.63, 3.8) is 0 Å². The van der Waals surface area contributed by atoms with Crippen LogP contribution in [0, 0.1) is 0 Å². The molecule has 0 saturated carbocycles. The average molecular weight is 401 g/mol. The molecule has 140 valence electrons. The van der Waals surface area contributed by atoms with Gasteiger partial charge in [-0.15, -0.1) is 0 Å². The summed E-state index contributed by atoms with van der Waals surface area (Å²) in [6.45, 7) is 3.49. The molecule has 0 radical (unpaired) electrons. The van der Waals surface area contributed by atoms with E-state index in [1.165, 1.54) is 0 Å². The minimum atomic E-state index is -4.30. The van der Waals surface area contributed by atoms with Gasteiger partial charge in [-0.1, -0.05) is 26.7 Å². The van der Waals surface area contributed by atoms with Gasteiger partial charge in [0, 0.05) is 0 Å². The van der Waals surface area contributed by atoms with Gasteiger partial charge < -0.3 is 32.6 Å². The molecule has 0 aromatic heterocycles. The molecule has 0 amide bonds. The second-order valence-corrected chi connectivity index (χ2v) is 7.37. The van der Waals surface area contributed by atoms with Crippen molar-refractivity contribution in [1.82, 2.24) is 0 Å². The first-order chi connectivity index (χ1) is 10.8. The van der Waals surface area contributed by atoms with Crippen molar-refractivity contribution >= 4 is 38.7 Å². The molecule has 0 N–H and O–H groups in total. The number of unbranched alkanes of at least 4 members (excludes halogenated alkanes) is 2. The van der Waals surface area contributed by atoms with Crippen LogP contribution in [0.25, 0.3) is 0 Å². The molecule has 0 aliphatic heterocycles. The summed E-state index contributed by atoms with van der Waals surface area (Å²) in [6.07, 6.45) is 2.88. The van der Waals surface area contributed by atoms with Crippen molar-refractivity contribution in [3.8, 4) is 0 Å². The maximum atomic E-state index is 11.3. The van der Waals surface area contributed by atoms with Crippen molar-refractivity contribution < 1.29 is 41.7 Å². The second-order valence-electron chi connectivity index (χ2n) is 4.55. The van der Waals surface area contributed by atoms with Gasteiger partial charge in [0.15, 0.2) is 0 Å². The molecule has 0 heterocycles. The summed E-state index contributed by atoms with van der Waals surface area (Å²) in [7, 11) is -8.59. The normalized spacial score (nSPS) is 16.2. The van der Waals surface area contributed by atoms with E-state index in [1.54, 1.807) is 0 Å². The molecular weight excluding hydrogens is 374 g/mol. The van der Waals surface area contributed by atoms with Gasteiger partial charge in [-0.2, -0.15) is 0 Å². The van der Waals surface area contributed by atoms with Gasteiger partial charge in [0.05, 0.1) is 39.6 Å². The maximum absolute atomic E-state index is 11.3. The van der Waals surface area contributed by atoms with E-state index < -0.39 is 15.6 Å². The molecule has 2 unspecified atom stereocenters. The number of rotatable bonds is 16. The fourth-order valence-electron chi connectivity index (χ4n) is 1.23. The zero-order valence-corrected chi connectivity index (χ0v) is 17.5. The van der Waals surface area contributed by atoms with E-state index in [-0.39, 0.29) is 62.7 Å². The summed E-state index contributed by atoms with van der Waals surface area (Å²) in [5.74, 6) is 0. The summed E-state index contributed by atoms with van der Waals surface area (Å²) in [4.78, 5) is 22.5. The Labute approximate surface area is 159 Å². The summed E-state index contributed by atoms with van der Waals surface area (Å²) in [5, 5.41) is 0. The Morgan fingerprint density at radius 2 is 1.00 bits per heavy atom. The van der Waals surface area contributed by atoms with Gasteiger partial charge in [-0.3, -0.25) is 9.13 Å². The standard InChI is InChI=1S/C12H28O9P2.Mg/c1-3-5-7-18-22(13,14)20-11-9-17-10-12-21-23(15,16)19-8-6-4-2;/h3-12H2,1-2H3,(H,13,14)(H,15,16);/q;+2/p-2. The summed E-state index contributed by atoms with van der Waals surface area (Å²) < 4.78 is 45.8. The molecule has 0 aromatic carbocycles. The molecule has 2 atom stereocenters. The van der Waals surface area contributed by atoms with Gasteiger partial charge in [0.2, 0.25) is 0 Å². The predicted molar refractivity (Wildman–Crippen MR) is 85.4 cm³/mol. The van der Waals surface area contributed by atoms with Crippen LogP contribution in [-0.4, -0.2) is 62.7 Å². The number of hydrogen-bond acceptors (Lipinski definition) is 9. The van der Waals surface area contributed by atoms with Crippen LogP contribution in [0.3, 0.4) is 0 Å². The first-order valence-corrected chi connectivity index (χ1v) is 10.5. The van der Waals surface area contributed by atoms with Crippen molar-refractivity contribution in [2.24, 2.45) is 0 Å². The largest absolute Gasteiger partial charge is 2.00 e. The molecule has 9 nitrogen and oxygen atoms in total. The van der Waals surface area contributed by atoms with Crippen LogP contribution in [-0.2, 0) is 32.0 Å². The van der Waals surface area contributed by atoms with Crippen molar-refractivity contribution in [1.29, 1.82) is 0 Å². The Kier molecular flexibility index (Phi) is 18.3. The fraction of sp³-hybridized carbons (Fsp3) is 1.00. The number of phosphoric acid groups is 2. The third kappa shape index (κ3) is 17.8. The Bertz CT molecular complexity index is 350. The first kappa shape index (κ1) is 27.2. The van der Waals surface area contributed by atoms with Gasteiger partial charge in [0.25, 0.3) is 15.6 Å². The van der Waals surface area contributed by atoms with Crippen LogP contribution >= 0.6 is 15.6 Å². The predicted octanol–water partition coefficient (Wildman–Crippen LogP) is 1.23. The third-order valence-electron chi connectivity index (χ3n) is 2.45. The van der Waals surface area contributed by atoms with Crippen molar-refractivity contribution in [2.45, 2.75) is 39.5 Å². The zero-order valence-electron chi connectivity index (χ0n) is 14.3. The third-order valence-corrected chi connectivity index (χ3v) is 4.44. The van der Waals surface area contributed by atoms with Crippen LogP contribution < -0.4 is 9.79 Å². The van der Waals surface area contributed by atoms with Gasteiger partial charge in [-0.05, 0) is 12.8 Å². The van der Waals surface area contributed by atoms with Crippen molar-refractivity contribution in [2.75, 3.05) is 39.6 Å². The Morgan fingerprint density at radius 1 is 0.667 bits per heavy atom. The van der Waals surface area contributed by atoms with E-state index in [4.69, 9.17) is 4.74 Å². The van der Waals surface area contributed by atoms with Crippen LogP contribution in [0.1, 0.15) is 39.5 Å². The van der Waals surface area contributed by atoms with Crippen LogP contribution in [0.5, 0.6) is 0 Å². The fourth-order valence-corrected chi connectivity index (χ4v) is 2.68. The first-order valence-electron chi connectivity index (χ1n) is 7.61. The maximum Gasteiger partial charge on any atom is 2.00 e. The van der Waals surface area contributed by atoms with E-state index >= 15 is 0 Å². The van der Waals surface area contributed by atoms with Crippen LogP contribution in [0.2, 0.25) is 0 Å². The number of hydrogen-bond donors (Lipinski definition) is 0. The topological polar surface area (TPSA) is 126 Å². The second kappa shape index (κ2) is 16.1. The Hall–Kier alpha value is 0.946. The van der Waals surface area contributed by atoms with Crippen LogP contribution in [0.4, 0.5) is 0 Å². The molecule has 0 bridgehead atoms. The molecule has 0 fully saturated rings. The molecule has 24 heavy (non-hydrogen) atoms. The monoisotopic (exact) mass is 400 g/mol. The average Bonchev–Trinajstić information content (AvgIpc) is 2.46. The SMILES string of the molecule is CCCCOP(=O)([O-])OCCOCCOP(=O)([O-])OCCCC.[Mg+2]. The van der Waals surface area contributed by atoms with E-state index in [0.29, 0.717) is 12.8 Å². The Morgan fingerprint density at radius 3 is 1.33 bits per heavy atom. The smallest absolute Gasteiger partial charge is 0.756 e. The van der Waals surface area contributed by atoms with E-state index in [1.807, 2.05) is 13.8 Å². The molecule has 0 spiro atoms. The van der Waals surface area contributed by atoms with E-state index in [2.05, 4.69) is 18.1 Å². The molecule has 12 heteroatoms. The summed E-state index contributed by atoms with van der Waals surface area (Å²) >= 11 is 0. The van der Waals surface area contributed by atoms with Crippen LogP contribution in [0.15, 0.2) is 0 Å². The van der Waals surface area contributed by atoms with Gasteiger partial charge in [0.1, 0.15) is 0 Å². The van der Waals surface area contributed by atoms with Gasteiger partial charge in [-0.25, -0.2) is 0 Å². The number of phosphoric ester groups is 2. The van der Waals surface area contributed by atoms with E-state index in [9.17, 15) is 18.9 Å². The molecule has 0 aromatic rings. The zero-order chi connectivity index (χ0) is 17.6. The molecule has 0 saturated heterocycles. The van der Waals surface area contributed by atoms with Gasteiger partial charge >= 0.3 is 23.1 Å². The minimum absolute atomic E-state index is 0. The summed E-state index contributed by atoms with van der Waals surface area (Å²) in [5.41, 5.74) is 0. The molecule has 0 rings (SSSR count). The quantitative estimate of drug-likeness (QED) is 0.213. The summed E-state index contributed by atoms with van der Waals surface area (Å²) in [6, 6.07) is 0. The van der Waals surface area contributed by atoms with E-state index in [0.717, 1.165) is 12.8 Å². The van der Waals surface area contributed by atoms with Crippen molar-refractivity contribution in [3.05, 3.63) is 0 Å². The molecule has 0 aliphatic rings.